The zero-order valence-corrected chi connectivity index (χ0v) is 14.4. The molecule has 1 aliphatic rings. The molecule has 1 saturated heterocycles. The molecule has 0 spiro atoms. The third kappa shape index (κ3) is 4.59. The highest BCUT2D eigenvalue weighted by molar-refractivity contribution is 5.89. The second kappa shape index (κ2) is 8.32. The average Bonchev–Trinajstić information content (AvgIpc) is 3.17. The van der Waals surface area contributed by atoms with Gasteiger partial charge in [-0.05, 0) is 38.0 Å². The molecule has 2 amide bonds. The van der Waals surface area contributed by atoms with Gasteiger partial charge in [0, 0.05) is 31.4 Å². The summed E-state index contributed by atoms with van der Waals surface area (Å²) in [4.78, 5) is 22.9. The highest BCUT2D eigenvalue weighted by atomic mass is 16.5. The van der Waals surface area contributed by atoms with Crippen LogP contribution in [0.25, 0.3) is 0 Å². The summed E-state index contributed by atoms with van der Waals surface area (Å²) in [5.41, 5.74) is 1.50. The van der Waals surface area contributed by atoms with E-state index in [1.807, 2.05) is 31.2 Å². The van der Waals surface area contributed by atoms with Crippen LogP contribution in [0.15, 0.2) is 36.7 Å². The zero-order chi connectivity index (χ0) is 17.5. The Morgan fingerprint density at radius 1 is 1.24 bits per heavy atom. The first kappa shape index (κ1) is 17.0. The van der Waals surface area contributed by atoms with Crippen molar-refractivity contribution in [1.82, 2.24) is 15.3 Å². The van der Waals surface area contributed by atoms with Crippen LogP contribution >= 0.6 is 0 Å². The number of hydrogen-bond acceptors (Lipinski definition) is 5. The summed E-state index contributed by atoms with van der Waals surface area (Å²) >= 11 is 0. The molecule has 132 valence electrons. The molecule has 2 aromatic rings. The summed E-state index contributed by atoms with van der Waals surface area (Å²) in [6.07, 6.45) is 5.77. The van der Waals surface area contributed by atoms with Crippen molar-refractivity contribution in [3.8, 4) is 5.88 Å². The number of ether oxygens (including phenoxy) is 1. The summed E-state index contributed by atoms with van der Waals surface area (Å²) < 4.78 is 5.45. The minimum Gasteiger partial charge on any atom is -0.478 e. The molecule has 0 aliphatic carbocycles. The third-order valence-electron chi connectivity index (χ3n) is 4.01. The van der Waals surface area contributed by atoms with Crippen molar-refractivity contribution in [3.05, 3.63) is 42.2 Å². The fraction of sp³-hybridized carbons (Fsp3) is 0.389. The van der Waals surface area contributed by atoms with E-state index in [0.717, 1.165) is 24.5 Å². The number of amides is 2. The highest BCUT2D eigenvalue weighted by Crippen LogP contribution is 2.19. The predicted octanol–water partition coefficient (Wildman–Crippen LogP) is 2.80. The van der Waals surface area contributed by atoms with E-state index in [1.54, 1.807) is 12.4 Å². The number of carbonyl (C=O) groups excluding carboxylic acids is 1. The number of hydrogen-bond donors (Lipinski definition) is 2. The van der Waals surface area contributed by atoms with Crippen molar-refractivity contribution in [2.45, 2.75) is 26.3 Å². The zero-order valence-electron chi connectivity index (χ0n) is 14.4. The lowest BCUT2D eigenvalue weighted by molar-refractivity contribution is 0.251. The number of urea groups is 1. The Balaban J connectivity index is 1.52. The molecule has 3 heterocycles. The molecule has 0 unspecified atom stereocenters. The number of carbonyl (C=O) groups is 1. The van der Waals surface area contributed by atoms with Crippen LogP contribution in [0.3, 0.4) is 0 Å². The normalized spacial score (nSPS) is 13.6. The standard InChI is InChI=1S/C18H23N5O2/c1-2-25-17-14(6-5-9-19-17)12-21-18(24)22-15-7-8-16(20-13-15)23-10-3-4-11-23/h5-9,13H,2-4,10-12H2,1H3,(H2,21,22,24). The summed E-state index contributed by atoms with van der Waals surface area (Å²) in [5.74, 6) is 1.50. The van der Waals surface area contributed by atoms with E-state index in [2.05, 4.69) is 25.5 Å². The Morgan fingerprint density at radius 2 is 2.08 bits per heavy atom. The number of nitrogens with one attached hydrogen (secondary N) is 2. The van der Waals surface area contributed by atoms with Gasteiger partial charge in [0.2, 0.25) is 5.88 Å². The molecule has 3 rings (SSSR count). The maximum atomic E-state index is 12.1. The Kier molecular flexibility index (Phi) is 5.66. The minimum absolute atomic E-state index is 0.290. The summed E-state index contributed by atoms with van der Waals surface area (Å²) in [6, 6.07) is 7.22. The van der Waals surface area contributed by atoms with Crippen LogP contribution in [-0.4, -0.2) is 35.7 Å². The summed E-state index contributed by atoms with van der Waals surface area (Å²) in [7, 11) is 0. The first-order valence-corrected chi connectivity index (χ1v) is 8.59. The monoisotopic (exact) mass is 341 g/mol. The van der Waals surface area contributed by atoms with Gasteiger partial charge >= 0.3 is 6.03 Å². The van der Waals surface area contributed by atoms with E-state index >= 15 is 0 Å². The summed E-state index contributed by atoms with van der Waals surface area (Å²) in [6.45, 7) is 4.87. The lowest BCUT2D eigenvalue weighted by atomic mass is 10.2. The van der Waals surface area contributed by atoms with Crippen molar-refractivity contribution in [1.29, 1.82) is 0 Å². The van der Waals surface area contributed by atoms with Crippen molar-refractivity contribution in [3.63, 3.8) is 0 Å². The molecule has 1 fully saturated rings. The molecule has 0 saturated carbocycles. The Hall–Kier alpha value is -2.83. The molecule has 0 bridgehead atoms. The third-order valence-corrected chi connectivity index (χ3v) is 4.01. The maximum absolute atomic E-state index is 12.1. The Bertz CT molecular complexity index is 699. The molecule has 1 aliphatic heterocycles. The van der Waals surface area contributed by atoms with Crippen LogP contribution in [0.5, 0.6) is 5.88 Å². The average molecular weight is 341 g/mol. The molecular formula is C18H23N5O2. The Morgan fingerprint density at radius 3 is 2.80 bits per heavy atom. The molecule has 7 nitrogen and oxygen atoms in total. The lowest BCUT2D eigenvalue weighted by Gasteiger charge is -2.16. The van der Waals surface area contributed by atoms with Crippen LogP contribution in [-0.2, 0) is 6.54 Å². The van der Waals surface area contributed by atoms with Crippen molar-refractivity contribution in [2.24, 2.45) is 0 Å². The first-order valence-electron chi connectivity index (χ1n) is 8.59. The molecule has 0 atom stereocenters. The fourth-order valence-electron chi connectivity index (χ4n) is 2.77. The van der Waals surface area contributed by atoms with Gasteiger partial charge < -0.3 is 20.3 Å². The molecule has 2 aromatic heterocycles. The predicted molar refractivity (Wildman–Crippen MR) is 96.9 cm³/mol. The van der Waals surface area contributed by atoms with Crippen molar-refractivity contribution in [2.75, 3.05) is 29.9 Å². The summed E-state index contributed by atoms with van der Waals surface area (Å²) in [5, 5.41) is 5.60. The maximum Gasteiger partial charge on any atom is 0.319 e. The van der Waals surface area contributed by atoms with Gasteiger partial charge in [-0.25, -0.2) is 14.8 Å². The van der Waals surface area contributed by atoms with Gasteiger partial charge in [0.05, 0.1) is 18.5 Å². The molecule has 0 radical (unpaired) electrons. The van der Waals surface area contributed by atoms with Crippen LogP contribution in [0.4, 0.5) is 16.3 Å². The number of aromatic nitrogens is 2. The van der Waals surface area contributed by atoms with E-state index in [0.29, 0.717) is 24.7 Å². The lowest BCUT2D eigenvalue weighted by Crippen LogP contribution is -2.28. The van der Waals surface area contributed by atoms with E-state index in [-0.39, 0.29) is 6.03 Å². The molecule has 25 heavy (non-hydrogen) atoms. The quantitative estimate of drug-likeness (QED) is 0.844. The SMILES string of the molecule is CCOc1ncccc1CNC(=O)Nc1ccc(N2CCCC2)nc1. The van der Waals surface area contributed by atoms with E-state index in [1.165, 1.54) is 12.8 Å². The smallest absolute Gasteiger partial charge is 0.319 e. The van der Waals surface area contributed by atoms with E-state index in [9.17, 15) is 4.79 Å². The topological polar surface area (TPSA) is 79.4 Å². The van der Waals surface area contributed by atoms with Gasteiger partial charge in [0.1, 0.15) is 5.82 Å². The number of anilines is 2. The van der Waals surface area contributed by atoms with Crippen LogP contribution in [0.1, 0.15) is 25.3 Å². The second-order valence-electron chi connectivity index (χ2n) is 5.81. The molecule has 0 aromatic carbocycles. The molecule has 7 heteroatoms. The number of pyridine rings is 2. The van der Waals surface area contributed by atoms with Crippen LogP contribution in [0.2, 0.25) is 0 Å². The van der Waals surface area contributed by atoms with Gasteiger partial charge in [0.15, 0.2) is 0 Å². The van der Waals surface area contributed by atoms with Gasteiger partial charge in [-0.2, -0.15) is 0 Å². The molecule has 2 N–H and O–H groups in total. The number of nitrogens with zero attached hydrogens (tertiary/aromatic N) is 3. The van der Waals surface area contributed by atoms with Crippen molar-refractivity contribution < 1.29 is 9.53 Å². The van der Waals surface area contributed by atoms with Gasteiger partial charge in [-0.1, -0.05) is 6.07 Å². The second-order valence-corrected chi connectivity index (χ2v) is 5.81. The Labute approximate surface area is 147 Å². The largest absolute Gasteiger partial charge is 0.478 e. The van der Waals surface area contributed by atoms with Gasteiger partial charge in [-0.15, -0.1) is 0 Å². The van der Waals surface area contributed by atoms with Crippen molar-refractivity contribution >= 4 is 17.5 Å². The highest BCUT2D eigenvalue weighted by Gasteiger charge is 2.13. The minimum atomic E-state index is -0.290. The van der Waals surface area contributed by atoms with Crippen LogP contribution in [0, 0.1) is 0 Å². The number of rotatable bonds is 6. The van der Waals surface area contributed by atoms with E-state index < -0.39 is 0 Å². The molecular weight excluding hydrogens is 318 g/mol. The van der Waals surface area contributed by atoms with Crippen LogP contribution < -0.4 is 20.3 Å². The van der Waals surface area contributed by atoms with E-state index in [4.69, 9.17) is 4.74 Å². The van der Waals surface area contributed by atoms with Gasteiger partial charge in [0.25, 0.3) is 0 Å². The fourth-order valence-corrected chi connectivity index (χ4v) is 2.77. The van der Waals surface area contributed by atoms with Gasteiger partial charge in [-0.3, -0.25) is 0 Å². The first-order chi connectivity index (χ1) is 12.3.